The molecule has 2 saturated heterocycles. The summed E-state index contributed by atoms with van der Waals surface area (Å²) in [6.45, 7) is 15.4. The highest BCUT2D eigenvalue weighted by Gasteiger charge is 2.30. The first kappa shape index (κ1) is 25.3. The van der Waals surface area contributed by atoms with Gasteiger partial charge in [-0.05, 0) is 25.2 Å². The van der Waals surface area contributed by atoms with Gasteiger partial charge in [-0.15, -0.1) is 0 Å². The maximum absolute atomic E-state index is 12.2. The first-order chi connectivity index (χ1) is 13.5. The van der Waals surface area contributed by atoms with E-state index in [1.54, 1.807) is 7.11 Å². The summed E-state index contributed by atoms with van der Waals surface area (Å²) < 4.78 is 16.6. The summed E-state index contributed by atoms with van der Waals surface area (Å²) in [5.74, 6) is 0.903. The van der Waals surface area contributed by atoms with E-state index < -0.39 is 0 Å². The smallest absolute Gasteiger partial charge is 0.224 e. The third kappa shape index (κ3) is 10.7. The fourth-order valence-corrected chi connectivity index (χ4v) is 3.64. The minimum atomic E-state index is 0.176. The van der Waals surface area contributed by atoms with Gasteiger partial charge in [0.2, 0.25) is 5.91 Å². The van der Waals surface area contributed by atoms with Crippen molar-refractivity contribution in [3.05, 3.63) is 0 Å². The number of carbonyl (C=O) groups excluding carboxylic acids is 1. The molecule has 1 atom stereocenters. The van der Waals surface area contributed by atoms with Crippen LogP contribution in [0.25, 0.3) is 0 Å². The van der Waals surface area contributed by atoms with Crippen LogP contribution in [0.2, 0.25) is 0 Å². The maximum atomic E-state index is 12.2. The van der Waals surface area contributed by atoms with Crippen molar-refractivity contribution in [1.82, 2.24) is 9.80 Å². The van der Waals surface area contributed by atoms with E-state index in [-0.39, 0.29) is 12.0 Å². The number of carbonyl (C=O) groups is 1. The van der Waals surface area contributed by atoms with Crippen LogP contribution in [-0.4, -0.2) is 87.6 Å². The molecule has 1 amide bonds. The zero-order chi connectivity index (χ0) is 20.8. The lowest BCUT2D eigenvalue weighted by Crippen LogP contribution is -2.40. The lowest BCUT2D eigenvalue weighted by molar-refractivity contribution is -0.132. The molecule has 0 aliphatic carbocycles. The van der Waals surface area contributed by atoms with Crippen molar-refractivity contribution in [2.45, 2.75) is 72.0 Å². The van der Waals surface area contributed by atoms with E-state index in [1.165, 1.54) is 13.0 Å². The van der Waals surface area contributed by atoms with Gasteiger partial charge in [0.05, 0.1) is 38.4 Å². The van der Waals surface area contributed by atoms with Gasteiger partial charge < -0.3 is 24.0 Å². The first-order valence-corrected chi connectivity index (χ1v) is 11.2. The third-order valence-corrected chi connectivity index (χ3v) is 4.93. The average molecular weight is 401 g/mol. The first-order valence-electron chi connectivity index (χ1n) is 11.2. The molecule has 2 fully saturated rings. The molecule has 2 heterocycles. The van der Waals surface area contributed by atoms with Crippen LogP contribution in [-0.2, 0) is 19.0 Å². The van der Waals surface area contributed by atoms with Crippen LogP contribution in [0.3, 0.4) is 0 Å². The van der Waals surface area contributed by atoms with Crippen LogP contribution in [0.5, 0.6) is 0 Å². The number of rotatable bonds is 10. The van der Waals surface area contributed by atoms with E-state index in [9.17, 15) is 4.79 Å². The second-order valence-corrected chi connectivity index (χ2v) is 8.34. The highest BCUT2D eigenvalue weighted by atomic mass is 16.5. The quantitative estimate of drug-likeness (QED) is 0.527. The molecule has 0 N–H and O–H groups in total. The van der Waals surface area contributed by atoms with Crippen molar-refractivity contribution in [3.63, 3.8) is 0 Å². The van der Waals surface area contributed by atoms with Gasteiger partial charge in [-0.3, -0.25) is 4.79 Å². The molecule has 0 aromatic carbocycles. The van der Waals surface area contributed by atoms with E-state index in [4.69, 9.17) is 14.2 Å². The summed E-state index contributed by atoms with van der Waals surface area (Å²) in [4.78, 5) is 16.7. The Hall–Kier alpha value is -0.690. The Morgan fingerprint density at radius 1 is 1.00 bits per heavy atom. The lowest BCUT2D eigenvalue weighted by atomic mass is 10.1. The molecule has 2 aliphatic rings. The van der Waals surface area contributed by atoms with E-state index in [1.807, 2.05) is 4.90 Å². The Labute approximate surface area is 172 Å². The Kier molecular flexibility index (Phi) is 13.8. The van der Waals surface area contributed by atoms with Crippen LogP contribution in [0.4, 0.5) is 0 Å². The standard InChI is InChI=1S/C19H36N2O4.C3H8/c1-16(2)14-20-8-4-17(5-9-20)25-18-6-10-21(15-18)19(22)7-11-24-13-12-23-3;1-3-2/h16-18H,4-15H2,1-3H3;3H2,1-2H3. The molecular formula is C22H44N2O4. The number of hydrogen-bond acceptors (Lipinski definition) is 5. The molecule has 28 heavy (non-hydrogen) atoms. The SMILES string of the molecule is CCC.COCCOCCC(=O)N1CCC(OC2CCN(CC(C)C)CC2)C1. The summed E-state index contributed by atoms with van der Waals surface area (Å²) in [5, 5.41) is 0. The van der Waals surface area contributed by atoms with Crippen molar-refractivity contribution in [3.8, 4) is 0 Å². The summed E-state index contributed by atoms with van der Waals surface area (Å²) in [5.41, 5.74) is 0. The number of likely N-dealkylation sites (tertiary alicyclic amines) is 2. The topological polar surface area (TPSA) is 51.2 Å². The maximum Gasteiger partial charge on any atom is 0.224 e. The number of hydrogen-bond donors (Lipinski definition) is 0. The van der Waals surface area contributed by atoms with Crippen LogP contribution in [0.15, 0.2) is 0 Å². The molecule has 0 saturated carbocycles. The second kappa shape index (κ2) is 15.2. The number of methoxy groups -OCH3 is 1. The van der Waals surface area contributed by atoms with Gasteiger partial charge in [-0.2, -0.15) is 0 Å². The minimum absolute atomic E-state index is 0.176. The third-order valence-electron chi connectivity index (χ3n) is 4.93. The molecular weight excluding hydrogens is 356 g/mol. The Morgan fingerprint density at radius 3 is 2.25 bits per heavy atom. The zero-order valence-corrected chi connectivity index (χ0v) is 19.0. The van der Waals surface area contributed by atoms with Crippen LogP contribution in [0.1, 0.15) is 59.8 Å². The van der Waals surface area contributed by atoms with Gasteiger partial charge in [0.1, 0.15) is 0 Å². The van der Waals surface area contributed by atoms with Gasteiger partial charge in [0.25, 0.3) is 0 Å². The van der Waals surface area contributed by atoms with Crippen LogP contribution < -0.4 is 0 Å². The number of nitrogens with zero attached hydrogens (tertiary/aromatic N) is 2. The minimum Gasteiger partial charge on any atom is -0.382 e. The molecule has 2 rings (SSSR count). The summed E-state index contributed by atoms with van der Waals surface area (Å²) in [6, 6.07) is 0. The molecule has 1 unspecified atom stereocenters. The summed E-state index contributed by atoms with van der Waals surface area (Å²) >= 11 is 0. The van der Waals surface area contributed by atoms with E-state index >= 15 is 0 Å². The number of ether oxygens (including phenoxy) is 3. The molecule has 6 nitrogen and oxygen atoms in total. The number of amides is 1. The molecule has 0 spiro atoms. The average Bonchev–Trinajstić information content (AvgIpc) is 3.12. The molecule has 0 radical (unpaired) electrons. The largest absolute Gasteiger partial charge is 0.382 e. The highest BCUT2D eigenvalue weighted by molar-refractivity contribution is 5.76. The van der Waals surface area contributed by atoms with Gasteiger partial charge in [0.15, 0.2) is 0 Å². The van der Waals surface area contributed by atoms with E-state index in [0.29, 0.717) is 32.3 Å². The monoisotopic (exact) mass is 400 g/mol. The molecule has 166 valence electrons. The molecule has 2 aliphatic heterocycles. The predicted molar refractivity (Wildman–Crippen MR) is 114 cm³/mol. The highest BCUT2D eigenvalue weighted by Crippen LogP contribution is 2.21. The summed E-state index contributed by atoms with van der Waals surface area (Å²) in [7, 11) is 1.65. The zero-order valence-electron chi connectivity index (χ0n) is 19.0. The van der Waals surface area contributed by atoms with Crippen molar-refractivity contribution >= 4 is 5.91 Å². The fourth-order valence-electron chi connectivity index (χ4n) is 3.64. The van der Waals surface area contributed by atoms with Gasteiger partial charge in [-0.1, -0.05) is 34.1 Å². The van der Waals surface area contributed by atoms with Gasteiger partial charge in [-0.25, -0.2) is 0 Å². The van der Waals surface area contributed by atoms with Crippen LogP contribution >= 0.6 is 0 Å². The molecule has 0 bridgehead atoms. The van der Waals surface area contributed by atoms with Crippen LogP contribution in [0, 0.1) is 5.92 Å². The second-order valence-electron chi connectivity index (χ2n) is 8.34. The van der Waals surface area contributed by atoms with Crippen molar-refractivity contribution in [2.24, 2.45) is 5.92 Å². The Balaban J connectivity index is 0.00000122. The Bertz CT molecular complexity index is 398. The Morgan fingerprint density at radius 2 is 1.64 bits per heavy atom. The normalized spacial score (nSPS) is 21.1. The molecule has 0 aromatic rings. The van der Waals surface area contributed by atoms with Gasteiger partial charge in [0, 0.05) is 39.8 Å². The van der Waals surface area contributed by atoms with Gasteiger partial charge >= 0.3 is 0 Å². The number of piperidine rings is 1. The van der Waals surface area contributed by atoms with Crippen molar-refractivity contribution in [1.29, 1.82) is 0 Å². The summed E-state index contributed by atoms with van der Waals surface area (Å²) in [6.07, 6.45) is 5.46. The fraction of sp³-hybridized carbons (Fsp3) is 0.955. The molecule has 6 heteroatoms. The van der Waals surface area contributed by atoms with Crippen molar-refractivity contribution < 1.29 is 19.0 Å². The molecule has 0 aromatic heterocycles. The van der Waals surface area contributed by atoms with E-state index in [0.717, 1.165) is 51.4 Å². The van der Waals surface area contributed by atoms with E-state index in [2.05, 4.69) is 32.6 Å². The lowest BCUT2D eigenvalue weighted by Gasteiger charge is -2.34. The predicted octanol–water partition coefficient (Wildman–Crippen LogP) is 3.19. The van der Waals surface area contributed by atoms with Crippen molar-refractivity contribution in [2.75, 3.05) is 59.7 Å².